The van der Waals surface area contributed by atoms with Crippen molar-refractivity contribution in [2.24, 2.45) is 7.05 Å². The fraction of sp³-hybridized carbons (Fsp3) is 0.176. The Morgan fingerprint density at radius 2 is 1.92 bits per heavy atom. The van der Waals surface area contributed by atoms with E-state index in [4.69, 9.17) is 0 Å². The number of amides is 1. The van der Waals surface area contributed by atoms with Gasteiger partial charge in [-0.25, -0.2) is 18.2 Å². The second-order valence-electron chi connectivity index (χ2n) is 5.45. The molecule has 0 fully saturated rings. The molecule has 3 aromatic rings. The number of carbonyl (C=O) groups excluding carboxylic acids is 1. The normalized spacial score (nSPS) is 11.0. The second-order valence-corrected chi connectivity index (χ2v) is 5.45. The molecule has 3 rings (SSSR count). The smallest absolute Gasteiger partial charge is 0.254 e. The van der Waals surface area contributed by atoms with Gasteiger partial charge in [-0.2, -0.15) is 0 Å². The summed E-state index contributed by atoms with van der Waals surface area (Å²) in [6.45, 7) is 2.00. The predicted molar refractivity (Wildman–Crippen MR) is 82.9 cm³/mol. The first-order chi connectivity index (χ1) is 11.4. The zero-order chi connectivity index (χ0) is 17.4. The van der Waals surface area contributed by atoms with E-state index in [1.165, 1.54) is 0 Å². The molecule has 24 heavy (non-hydrogen) atoms. The van der Waals surface area contributed by atoms with Crippen molar-refractivity contribution < 1.29 is 18.0 Å². The maximum Gasteiger partial charge on any atom is 0.254 e. The maximum atomic E-state index is 13.6. The van der Waals surface area contributed by atoms with Crippen molar-refractivity contribution in [1.29, 1.82) is 0 Å². The van der Waals surface area contributed by atoms with Gasteiger partial charge in [-0.3, -0.25) is 4.79 Å². The molecule has 1 amide bonds. The van der Waals surface area contributed by atoms with Crippen molar-refractivity contribution in [2.75, 3.05) is 0 Å². The topological polar surface area (TPSA) is 46.9 Å². The number of fused-ring (bicyclic) bond motifs is 1. The number of aromatic nitrogens is 2. The number of imidazole rings is 1. The summed E-state index contributed by atoms with van der Waals surface area (Å²) >= 11 is 0. The highest BCUT2D eigenvalue weighted by molar-refractivity contribution is 5.94. The van der Waals surface area contributed by atoms with E-state index in [1.807, 2.05) is 36.7 Å². The van der Waals surface area contributed by atoms with Crippen LogP contribution < -0.4 is 5.32 Å². The van der Waals surface area contributed by atoms with Gasteiger partial charge in [-0.05, 0) is 36.8 Å². The first-order valence-electron chi connectivity index (χ1n) is 7.22. The molecule has 0 bridgehead atoms. The van der Waals surface area contributed by atoms with Crippen LogP contribution in [0.4, 0.5) is 13.2 Å². The van der Waals surface area contributed by atoms with E-state index in [-0.39, 0.29) is 6.54 Å². The summed E-state index contributed by atoms with van der Waals surface area (Å²) in [7, 11) is 1.90. The van der Waals surface area contributed by atoms with Crippen molar-refractivity contribution in [3.05, 3.63) is 64.7 Å². The first-order valence-corrected chi connectivity index (χ1v) is 7.22. The van der Waals surface area contributed by atoms with Crippen LogP contribution in [0.3, 0.4) is 0 Å². The minimum Gasteiger partial charge on any atom is -0.348 e. The number of benzene rings is 2. The largest absolute Gasteiger partial charge is 0.348 e. The Hall–Kier alpha value is -2.83. The molecular formula is C17H14F3N3O. The third-order valence-electron chi connectivity index (χ3n) is 3.90. The van der Waals surface area contributed by atoms with Crippen LogP contribution in [-0.2, 0) is 13.6 Å². The van der Waals surface area contributed by atoms with E-state index in [1.54, 1.807) is 0 Å². The Balaban J connectivity index is 1.78. The molecule has 0 atom stereocenters. The molecule has 7 heteroatoms. The lowest BCUT2D eigenvalue weighted by Crippen LogP contribution is -2.24. The molecule has 0 unspecified atom stereocenters. The van der Waals surface area contributed by atoms with E-state index in [0.29, 0.717) is 0 Å². The molecule has 0 radical (unpaired) electrons. The summed E-state index contributed by atoms with van der Waals surface area (Å²) in [5, 5.41) is 2.49. The Morgan fingerprint density at radius 3 is 2.67 bits per heavy atom. The fourth-order valence-electron chi connectivity index (χ4n) is 2.45. The van der Waals surface area contributed by atoms with Crippen molar-refractivity contribution in [3.8, 4) is 0 Å². The van der Waals surface area contributed by atoms with Gasteiger partial charge in [0.05, 0.1) is 16.6 Å². The van der Waals surface area contributed by atoms with Crippen molar-refractivity contribution in [2.45, 2.75) is 13.5 Å². The molecule has 0 saturated heterocycles. The van der Waals surface area contributed by atoms with E-state index < -0.39 is 28.9 Å². The highest BCUT2D eigenvalue weighted by Gasteiger charge is 2.18. The van der Waals surface area contributed by atoms with E-state index in [9.17, 15) is 18.0 Å². The molecule has 4 nitrogen and oxygen atoms in total. The number of hydrogen-bond donors (Lipinski definition) is 1. The molecule has 1 N–H and O–H groups in total. The van der Waals surface area contributed by atoms with Crippen LogP contribution in [-0.4, -0.2) is 15.5 Å². The predicted octanol–water partition coefficient (Wildman–Crippen LogP) is 3.23. The van der Waals surface area contributed by atoms with Crippen LogP contribution in [0.2, 0.25) is 0 Å². The molecule has 0 aliphatic rings. The zero-order valence-electron chi connectivity index (χ0n) is 13.0. The molecule has 124 valence electrons. The standard InChI is InChI=1S/C17H14F3N3O/c1-9-22-13-7-10(3-6-14(13)23(9)2)8-21-17(24)11-4-5-12(18)16(20)15(11)19/h3-7H,8H2,1-2H3,(H,21,24). The third-order valence-corrected chi connectivity index (χ3v) is 3.90. The minimum absolute atomic E-state index is 0.114. The third kappa shape index (κ3) is 2.73. The number of rotatable bonds is 3. The maximum absolute atomic E-state index is 13.6. The van der Waals surface area contributed by atoms with Gasteiger partial charge >= 0.3 is 0 Å². The summed E-state index contributed by atoms with van der Waals surface area (Å²) in [4.78, 5) is 16.4. The monoisotopic (exact) mass is 333 g/mol. The molecule has 1 heterocycles. The van der Waals surface area contributed by atoms with Crippen LogP contribution in [0.1, 0.15) is 21.7 Å². The van der Waals surface area contributed by atoms with Gasteiger partial charge in [0.2, 0.25) is 0 Å². The molecule has 0 spiro atoms. The Bertz CT molecular complexity index is 950. The summed E-state index contributed by atoms with van der Waals surface area (Å²) in [6, 6.07) is 7.12. The number of nitrogens with zero attached hydrogens (tertiary/aromatic N) is 2. The number of aryl methyl sites for hydroxylation is 2. The fourth-order valence-corrected chi connectivity index (χ4v) is 2.45. The average Bonchev–Trinajstić information content (AvgIpc) is 2.84. The van der Waals surface area contributed by atoms with Crippen molar-refractivity contribution in [3.63, 3.8) is 0 Å². The quantitative estimate of drug-likeness (QED) is 0.748. The lowest BCUT2D eigenvalue weighted by Gasteiger charge is -2.07. The molecule has 2 aromatic carbocycles. The minimum atomic E-state index is -1.66. The first kappa shape index (κ1) is 16.0. The van der Waals surface area contributed by atoms with Gasteiger partial charge in [0.25, 0.3) is 5.91 Å². The van der Waals surface area contributed by atoms with Crippen molar-refractivity contribution in [1.82, 2.24) is 14.9 Å². The van der Waals surface area contributed by atoms with Gasteiger partial charge in [-0.1, -0.05) is 6.07 Å². The van der Waals surface area contributed by atoms with Crippen LogP contribution in [0, 0.1) is 24.4 Å². The number of halogens is 3. The van der Waals surface area contributed by atoms with Crippen LogP contribution in [0.15, 0.2) is 30.3 Å². The highest BCUT2D eigenvalue weighted by atomic mass is 19.2. The number of carbonyl (C=O) groups is 1. The number of nitrogens with one attached hydrogen (secondary N) is 1. The average molecular weight is 333 g/mol. The van der Waals surface area contributed by atoms with E-state index in [2.05, 4.69) is 10.3 Å². The second kappa shape index (κ2) is 5.99. The van der Waals surface area contributed by atoms with Gasteiger partial charge in [0.15, 0.2) is 17.5 Å². The van der Waals surface area contributed by atoms with Crippen molar-refractivity contribution >= 4 is 16.9 Å². The molecule has 0 aliphatic heterocycles. The number of hydrogen-bond acceptors (Lipinski definition) is 2. The molecule has 0 aliphatic carbocycles. The highest BCUT2D eigenvalue weighted by Crippen LogP contribution is 2.17. The van der Waals surface area contributed by atoms with E-state index >= 15 is 0 Å². The van der Waals surface area contributed by atoms with Gasteiger partial charge in [0.1, 0.15) is 5.82 Å². The van der Waals surface area contributed by atoms with Crippen LogP contribution >= 0.6 is 0 Å². The summed E-state index contributed by atoms with van der Waals surface area (Å²) < 4.78 is 41.6. The molecule has 1 aromatic heterocycles. The summed E-state index contributed by atoms with van der Waals surface area (Å²) in [5.41, 5.74) is 1.95. The lowest BCUT2D eigenvalue weighted by atomic mass is 10.1. The summed E-state index contributed by atoms with van der Waals surface area (Å²) in [5.74, 6) is -4.45. The Labute approximate surface area is 135 Å². The molecule has 0 saturated carbocycles. The van der Waals surface area contributed by atoms with Gasteiger partial charge in [0, 0.05) is 13.6 Å². The summed E-state index contributed by atoms with van der Waals surface area (Å²) in [6.07, 6.45) is 0. The molecular weight excluding hydrogens is 319 g/mol. The zero-order valence-corrected chi connectivity index (χ0v) is 13.0. The van der Waals surface area contributed by atoms with Gasteiger partial charge in [-0.15, -0.1) is 0 Å². The Morgan fingerprint density at radius 1 is 1.17 bits per heavy atom. The lowest BCUT2D eigenvalue weighted by molar-refractivity contribution is 0.0945. The van der Waals surface area contributed by atoms with Gasteiger partial charge < -0.3 is 9.88 Å². The van der Waals surface area contributed by atoms with Crippen LogP contribution in [0.5, 0.6) is 0 Å². The van der Waals surface area contributed by atoms with E-state index in [0.717, 1.165) is 34.6 Å². The van der Waals surface area contributed by atoms with Crippen LogP contribution in [0.25, 0.3) is 11.0 Å². The Kier molecular flexibility index (Phi) is 4.01. The SMILES string of the molecule is Cc1nc2cc(CNC(=O)c3ccc(F)c(F)c3F)ccc2n1C.